The SMILES string of the molecule is CC(C)(O)C(=O)N1C[C@H](F)[C@H](NS(=O)(=O)C2CC2)[C@@H]1Cc1cccc(-c2cc(F)cc(F)c2)c1F. The first-order chi connectivity index (χ1) is 16.3. The summed E-state index contributed by atoms with van der Waals surface area (Å²) in [4.78, 5) is 13.9. The first-order valence-electron chi connectivity index (χ1n) is 11.2. The van der Waals surface area contributed by atoms with Crippen molar-refractivity contribution in [2.75, 3.05) is 6.54 Å². The smallest absolute Gasteiger partial charge is 0.254 e. The van der Waals surface area contributed by atoms with Gasteiger partial charge < -0.3 is 10.0 Å². The predicted octanol–water partition coefficient (Wildman–Crippen LogP) is 3.08. The molecule has 1 saturated heterocycles. The summed E-state index contributed by atoms with van der Waals surface area (Å²) in [6, 6.07) is 4.23. The van der Waals surface area contributed by atoms with Gasteiger partial charge in [0.25, 0.3) is 5.91 Å². The number of nitrogens with one attached hydrogen (secondary N) is 1. The number of sulfonamides is 1. The molecule has 11 heteroatoms. The summed E-state index contributed by atoms with van der Waals surface area (Å²) >= 11 is 0. The summed E-state index contributed by atoms with van der Waals surface area (Å²) in [6.45, 7) is 1.96. The molecule has 1 aliphatic heterocycles. The normalized spacial score (nSPS) is 23.1. The van der Waals surface area contributed by atoms with Gasteiger partial charge in [0.2, 0.25) is 10.0 Å². The van der Waals surface area contributed by atoms with Crippen molar-refractivity contribution < 1.29 is 35.9 Å². The molecule has 0 spiro atoms. The maximum absolute atomic E-state index is 15.5. The number of carbonyl (C=O) groups excluding carboxylic acids is 1. The van der Waals surface area contributed by atoms with Crippen molar-refractivity contribution in [3.05, 3.63) is 59.4 Å². The predicted molar refractivity (Wildman–Crippen MR) is 121 cm³/mol. The summed E-state index contributed by atoms with van der Waals surface area (Å²) in [5, 5.41) is 9.59. The van der Waals surface area contributed by atoms with Crippen molar-refractivity contribution in [2.24, 2.45) is 0 Å². The molecular formula is C24H26F4N2O4S. The van der Waals surface area contributed by atoms with Crippen molar-refractivity contribution in [2.45, 2.75) is 62.2 Å². The molecule has 0 unspecified atom stereocenters. The summed E-state index contributed by atoms with van der Waals surface area (Å²) in [5.41, 5.74) is -2.03. The standard InChI is InChI=1S/C24H26F4N2O4S/c1-24(2,32)23(31)30-12-19(27)22(29-35(33,34)17-6-7-17)20(30)10-13-4-3-5-18(21(13)28)14-8-15(25)11-16(26)9-14/h3-5,8-9,11,17,19-20,22,29,32H,6-7,10,12H2,1-2H3/t19-,20-,22-/m0/s1. The summed E-state index contributed by atoms with van der Waals surface area (Å²) in [5.74, 6) is -3.45. The summed E-state index contributed by atoms with van der Waals surface area (Å²) in [6.07, 6.45) is -1.20. The Kier molecular flexibility index (Phi) is 6.71. The average Bonchev–Trinajstić information content (AvgIpc) is 3.56. The van der Waals surface area contributed by atoms with E-state index in [1.54, 1.807) is 0 Å². The van der Waals surface area contributed by atoms with Crippen LogP contribution in [-0.4, -0.2) is 60.0 Å². The van der Waals surface area contributed by atoms with E-state index < -0.39 is 69.0 Å². The van der Waals surface area contributed by atoms with Gasteiger partial charge in [0, 0.05) is 11.6 Å². The largest absolute Gasteiger partial charge is 0.381 e. The lowest BCUT2D eigenvalue weighted by atomic mass is 9.95. The number of alkyl halides is 1. The zero-order valence-electron chi connectivity index (χ0n) is 19.1. The van der Waals surface area contributed by atoms with E-state index in [2.05, 4.69) is 4.72 Å². The molecule has 2 aromatic rings. The van der Waals surface area contributed by atoms with Crippen LogP contribution in [0.25, 0.3) is 11.1 Å². The first-order valence-corrected chi connectivity index (χ1v) is 12.7. The molecular weight excluding hydrogens is 488 g/mol. The molecule has 0 radical (unpaired) electrons. The zero-order chi connectivity index (χ0) is 25.7. The van der Waals surface area contributed by atoms with E-state index >= 15 is 8.78 Å². The van der Waals surface area contributed by atoms with Crippen molar-refractivity contribution in [3.63, 3.8) is 0 Å². The number of carbonyl (C=O) groups is 1. The fraction of sp³-hybridized carbons (Fsp3) is 0.458. The number of rotatable bonds is 7. The van der Waals surface area contributed by atoms with Crippen LogP contribution < -0.4 is 4.72 Å². The van der Waals surface area contributed by atoms with Crippen LogP contribution >= 0.6 is 0 Å². The van der Waals surface area contributed by atoms with Crippen molar-refractivity contribution in [1.82, 2.24) is 9.62 Å². The van der Waals surface area contributed by atoms with Gasteiger partial charge in [-0.3, -0.25) is 4.79 Å². The van der Waals surface area contributed by atoms with E-state index in [0.717, 1.165) is 17.0 Å². The highest BCUT2D eigenvalue weighted by atomic mass is 32.2. The molecule has 1 amide bonds. The number of benzene rings is 2. The lowest BCUT2D eigenvalue weighted by Gasteiger charge is -2.32. The minimum absolute atomic E-state index is 0.00423. The van der Waals surface area contributed by atoms with Gasteiger partial charge >= 0.3 is 0 Å². The molecule has 35 heavy (non-hydrogen) atoms. The molecule has 1 heterocycles. The van der Waals surface area contributed by atoms with Crippen LogP contribution in [0, 0.1) is 17.5 Å². The third-order valence-electron chi connectivity index (χ3n) is 6.30. The van der Waals surface area contributed by atoms with Crippen molar-refractivity contribution in [3.8, 4) is 11.1 Å². The van der Waals surface area contributed by atoms with E-state index in [1.807, 2.05) is 0 Å². The van der Waals surface area contributed by atoms with Gasteiger partial charge in [-0.25, -0.2) is 30.7 Å². The Bertz CT molecular complexity index is 1220. The highest BCUT2D eigenvalue weighted by Crippen LogP contribution is 2.34. The number of aliphatic hydroxyl groups is 1. The van der Waals surface area contributed by atoms with E-state index in [9.17, 15) is 27.1 Å². The summed E-state index contributed by atoms with van der Waals surface area (Å²) < 4.78 is 85.5. The Labute approximate surface area is 201 Å². The molecule has 190 valence electrons. The topological polar surface area (TPSA) is 86.7 Å². The molecule has 2 aliphatic rings. The van der Waals surface area contributed by atoms with Gasteiger partial charge in [0.05, 0.1) is 23.9 Å². The second-order valence-electron chi connectivity index (χ2n) is 9.63. The highest BCUT2D eigenvalue weighted by molar-refractivity contribution is 7.90. The van der Waals surface area contributed by atoms with Gasteiger partial charge in [-0.1, -0.05) is 18.2 Å². The maximum Gasteiger partial charge on any atom is 0.254 e. The van der Waals surface area contributed by atoms with Crippen LogP contribution in [0.2, 0.25) is 0 Å². The number of halogens is 4. The van der Waals surface area contributed by atoms with Gasteiger partial charge in [-0.05, 0) is 56.4 Å². The maximum atomic E-state index is 15.5. The van der Waals surface area contributed by atoms with Gasteiger partial charge in [0.15, 0.2) is 0 Å². The Balaban J connectivity index is 1.71. The van der Waals surface area contributed by atoms with Crippen LogP contribution in [0.5, 0.6) is 0 Å². The molecule has 2 N–H and O–H groups in total. The molecule has 1 aliphatic carbocycles. The highest BCUT2D eigenvalue weighted by Gasteiger charge is 2.50. The van der Waals surface area contributed by atoms with Crippen LogP contribution in [0.1, 0.15) is 32.3 Å². The van der Waals surface area contributed by atoms with Gasteiger partial charge in [-0.2, -0.15) is 0 Å². The van der Waals surface area contributed by atoms with E-state index in [-0.39, 0.29) is 23.1 Å². The Morgan fingerprint density at radius 3 is 2.34 bits per heavy atom. The second-order valence-corrected chi connectivity index (χ2v) is 11.6. The fourth-order valence-corrected chi connectivity index (χ4v) is 6.04. The second kappa shape index (κ2) is 9.18. The molecule has 2 aromatic carbocycles. The molecule has 0 bridgehead atoms. The zero-order valence-corrected chi connectivity index (χ0v) is 20.0. The van der Waals surface area contributed by atoms with Crippen LogP contribution in [0.3, 0.4) is 0 Å². The number of likely N-dealkylation sites (tertiary alicyclic amines) is 1. The van der Waals surface area contributed by atoms with Gasteiger partial charge in [0.1, 0.15) is 29.2 Å². The Morgan fingerprint density at radius 2 is 1.77 bits per heavy atom. The number of hydrogen-bond acceptors (Lipinski definition) is 4. The average molecular weight is 515 g/mol. The lowest BCUT2D eigenvalue weighted by Crippen LogP contribution is -2.53. The molecule has 3 atom stereocenters. The van der Waals surface area contributed by atoms with Crippen molar-refractivity contribution in [1.29, 1.82) is 0 Å². The third kappa shape index (κ3) is 5.36. The minimum atomic E-state index is -3.85. The van der Waals surface area contributed by atoms with Crippen molar-refractivity contribution >= 4 is 15.9 Å². The third-order valence-corrected chi connectivity index (χ3v) is 8.25. The van der Waals surface area contributed by atoms with Gasteiger partial charge in [-0.15, -0.1) is 0 Å². The molecule has 1 saturated carbocycles. The number of hydrogen-bond donors (Lipinski definition) is 2. The minimum Gasteiger partial charge on any atom is -0.381 e. The van der Waals surface area contributed by atoms with E-state index in [0.29, 0.717) is 18.9 Å². The van der Waals surface area contributed by atoms with E-state index in [4.69, 9.17) is 0 Å². The first kappa shape index (κ1) is 25.6. The quantitative estimate of drug-likeness (QED) is 0.556. The lowest BCUT2D eigenvalue weighted by molar-refractivity contribution is -0.149. The van der Waals surface area contributed by atoms with Crippen LogP contribution in [0.4, 0.5) is 17.6 Å². The van der Waals surface area contributed by atoms with Crippen LogP contribution in [-0.2, 0) is 21.2 Å². The Morgan fingerprint density at radius 1 is 1.14 bits per heavy atom. The number of nitrogens with zero attached hydrogens (tertiary/aromatic N) is 1. The van der Waals surface area contributed by atoms with E-state index in [1.165, 1.54) is 32.0 Å². The summed E-state index contributed by atoms with van der Waals surface area (Å²) in [7, 11) is -3.85. The number of amides is 1. The molecule has 6 nitrogen and oxygen atoms in total. The Hall–Kier alpha value is -2.50. The monoisotopic (exact) mass is 514 g/mol. The van der Waals surface area contributed by atoms with Crippen LogP contribution in [0.15, 0.2) is 36.4 Å². The molecule has 2 fully saturated rings. The fourth-order valence-electron chi connectivity index (χ4n) is 4.41. The molecule has 4 rings (SSSR count). The molecule has 0 aromatic heterocycles.